The normalized spacial score (nSPS) is 11.4. The Hall–Kier alpha value is -4.22. The molecule has 0 aliphatic heterocycles. The van der Waals surface area contributed by atoms with E-state index in [4.69, 9.17) is 9.05 Å². The number of carbonyl (C=O) groups is 1. The highest BCUT2D eigenvalue weighted by molar-refractivity contribution is 5.98. The lowest BCUT2D eigenvalue weighted by molar-refractivity contribution is -0.754. The quantitative estimate of drug-likeness (QED) is 0.430. The van der Waals surface area contributed by atoms with Gasteiger partial charge in [-0.15, -0.1) is 0 Å². The second-order valence-electron chi connectivity index (χ2n) is 7.17. The maximum absolute atomic E-state index is 12.7. The third-order valence-corrected chi connectivity index (χ3v) is 4.68. The third kappa shape index (κ3) is 5.17. The van der Waals surface area contributed by atoms with Gasteiger partial charge in [0.25, 0.3) is 6.20 Å². The molecule has 0 radical (unpaired) electrons. The summed E-state index contributed by atoms with van der Waals surface area (Å²) in [6, 6.07) is 8.90. The fourth-order valence-electron chi connectivity index (χ4n) is 3.21. The number of nitrogens with one attached hydrogen (secondary N) is 2. The highest BCUT2D eigenvalue weighted by Gasteiger charge is 2.32. The van der Waals surface area contributed by atoms with Gasteiger partial charge < -0.3 is 9.84 Å². The van der Waals surface area contributed by atoms with Crippen LogP contribution in [0.3, 0.4) is 0 Å². The molecule has 0 saturated carbocycles. The molecule has 9 nitrogen and oxygen atoms in total. The van der Waals surface area contributed by atoms with Gasteiger partial charge >= 0.3 is 18.1 Å². The van der Waals surface area contributed by atoms with Gasteiger partial charge in [-0.05, 0) is 36.2 Å². The molecule has 0 aliphatic rings. The lowest BCUT2D eigenvalue weighted by Crippen LogP contribution is -2.35. The number of nitrogens with zero attached hydrogens (tertiary/aromatic N) is 4. The van der Waals surface area contributed by atoms with Crippen LogP contribution in [0.4, 0.5) is 29.5 Å². The summed E-state index contributed by atoms with van der Waals surface area (Å²) in [7, 11) is 0. The molecule has 3 aromatic heterocycles. The number of aromatic nitrogens is 4. The van der Waals surface area contributed by atoms with E-state index in [-0.39, 0.29) is 11.6 Å². The highest BCUT2D eigenvalue weighted by Crippen LogP contribution is 2.29. The number of carbonyl (C=O) groups excluding carboxylic acids is 1. The van der Waals surface area contributed by atoms with Crippen molar-refractivity contribution in [3.63, 3.8) is 0 Å². The van der Waals surface area contributed by atoms with Gasteiger partial charge in [0, 0.05) is 23.0 Å². The van der Waals surface area contributed by atoms with Crippen LogP contribution in [0.5, 0.6) is 0 Å². The number of hydrogen-bond donors (Lipinski definition) is 2. The molecule has 3 heterocycles. The van der Waals surface area contributed by atoms with E-state index in [0.717, 1.165) is 40.4 Å². The van der Waals surface area contributed by atoms with E-state index in [1.54, 1.807) is 0 Å². The van der Waals surface area contributed by atoms with Gasteiger partial charge in [-0.3, -0.25) is 14.8 Å². The third-order valence-electron chi connectivity index (χ3n) is 4.68. The first-order valence-corrected chi connectivity index (χ1v) is 9.69. The van der Waals surface area contributed by atoms with Crippen LogP contribution in [-0.4, -0.2) is 21.4 Å². The van der Waals surface area contributed by atoms with Crippen LogP contribution in [-0.2, 0) is 12.7 Å². The van der Waals surface area contributed by atoms with Crippen molar-refractivity contribution in [2.24, 2.45) is 0 Å². The molecule has 0 saturated heterocycles. The maximum Gasteiger partial charge on any atom is 0.433 e. The van der Waals surface area contributed by atoms with E-state index in [0.29, 0.717) is 6.54 Å². The Bertz CT molecular complexity index is 1260. The first-order valence-electron chi connectivity index (χ1n) is 9.69. The number of anilines is 2. The van der Waals surface area contributed by atoms with Crippen molar-refractivity contribution in [2.75, 3.05) is 10.6 Å². The van der Waals surface area contributed by atoms with Gasteiger partial charge in [0.1, 0.15) is 11.5 Å². The average Bonchev–Trinajstić information content (AvgIpc) is 3.33. The number of benzene rings is 1. The van der Waals surface area contributed by atoms with Gasteiger partial charge in [-0.2, -0.15) is 13.2 Å². The minimum absolute atomic E-state index is 0.0185. The van der Waals surface area contributed by atoms with Crippen molar-refractivity contribution in [3.8, 4) is 11.1 Å². The number of amides is 2. The Morgan fingerprint density at radius 1 is 1.09 bits per heavy atom. The molecule has 4 rings (SSSR count). The van der Waals surface area contributed by atoms with E-state index in [1.165, 1.54) is 16.9 Å². The average molecular weight is 459 g/mol. The molecule has 0 aliphatic carbocycles. The number of alkyl halides is 3. The summed E-state index contributed by atoms with van der Waals surface area (Å²) in [6.07, 6.45) is -2.21. The molecule has 0 fully saturated rings. The van der Waals surface area contributed by atoms with Gasteiger partial charge in [-0.1, -0.05) is 29.4 Å². The van der Waals surface area contributed by atoms with Crippen molar-refractivity contribution in [2.45, 2.75) is 26.6 Å². The van der Waals surface area contributed by atoms with E-state index in [2.05, 4.69) is 26.0 Å². The van der Waals surface area contributed by atoms with Crippen molar-refractivity contribution < 1.29 is 31.7 Å². The van der Waals surface area contributed by atoms with Crippen molar-refractivity contribution >= 4 is 17.6 Å². The number of aryl methyl sites for hydroxylation is 2. The van der Waals surface area contributed by atoms with Crippen molar-refractivity contribution in [3.05, 3.63) is 71.5 Å². The molecule has 170 valence electrons. The lowest BCUT2D eigenvalue weighted by atomic mass is 10.0. The number of hydrogen-bond acceptors (Lipinski definition) is 6. The summed E-state index contributed by atoms with van der Waals surface area (Å²) in [5, 5.41) is 12.5. The summed E-state index contributed by atoms with van der Waals surface area (Å²) < 4.78 is 49.9. The minimum Gasteiger partial charge on any atom is -0.361 e. The molecule has 0 unspecified atom stereocenters. The highest BCUT2D eigenvalue weighted by atomic mass is 19.4. The number of pyridine rings is 1. The second kappa shape index (κ2) is 8.73. The Morgan fingerprint density at radius 3 is 2.52 bits per heavy atom. The zero-order valence-electron chi connectivity index (χ0n) is 17.5. The molecule has 2 amide bonds. The molecule has 4 aromatic rings. The largest absolute Gasteiger partial charge is 0.433 e. The topological polar surface area (TPSA) is 110 Å². The van der Waals surface area contributed by atoms with E-state index >= 15 is 0 Å². The molecule has 2 N–H and O–H groups in total. The standard InChI is InChI=1S/C21H17F3N6O3/c1-12-19(13(2)32-28-12)15-5-3-14(4-6-15)10-30-11-18(33-29-30)27-20(31)26-16-7-8-25-17(9-16)21(22,23)24/h3-9,11H,10H2,1-2H3,(H-,25,26,27,29,31)/p+1. The van der Waals surface area contributed by atoms with Crippen LogP contribution in [0.2, 0.25) is 0 Å². The first-order chi connectivity index (χ1) is 15.7. The van der Waals surface area contributed by atoms with Gasteiger partial charge in [0.2, 0.25) is 11.8 Å². The first kappa shape index (κ1) is 22.0. The number of urea groups is 1. The number of rotatable bonds is 5. The van der Waals surface area contributed by atoms with Crippen molar-refractivity contribution in [1.82, 2.24) is 15.4 Å². The Morgan fingerprint density at radius 2 is 1.85 bits per heavy atom. The van der Waals surface area contributed by atoms with Gasteiger partial charge in [-0.25, -0.2) is 4.79 Å². The number of halogens is 3. The predicted octanol–water partition coefficient (Wildman–Crippen LogP) is 4.34. The summed E-state index contributed by atoms with van der Waals surface area (Å²) >= 11 is 0. The molecule has 12 heteroatoms. The van der Waals surface area contributed by atoms with Crippen LogP contribution >= 0.6 is 0 Å². The summed E-state index contributed by atoms with van der Waals surface area (Å²) in [6.45, 7) is 4.09. The molecule has 1 aromatic carbocycles. The molecule has 33 heavy (non-hydrogen) atoms. The van der Waals surface area contributed by atoms with E-state index in [9.17, 15) is 18.0 Å². The maximum atomic E-state index is 12.7. The van der Waals surface area contributed by atoms with E-state index < -0.39 is 17.9 Å². The Labute approximate surface area is 185 Å². The SMILES string of the molecule is Cc1noc(C)c1-c1ccc(C[n+]2cc(NC(=O)Nc3ccnc(C(F)(F)F)c3)on2)cc1. The zero-order chi connectivity index (χ0) is 23.6. The van der Waals surface area contributed by atoms with Crippen LogP contribution < -0.4 is 15.3 Å². The molecule has 0 bridgehead atoms. The van der Waals surface area contributed by atoms with Crippen LogP contribution in [0.1, 0.15) is 22.7 Å². The molecule has 0 atom stereocenters. The van der Waals surface area contributed by atoms with Crippen molar-refractivity contribution in [1.29, 1.82) is 0 Å². The zero-order valence-corrected chi connectivity index (χ0v) is 17.5. The Balaban J connectivity index is 1.37. The van der Waals surface area contributed by atoms with Crippen LogP contribution in [0.25, 0.3) is 11.1 Å². The summed E-state index contributed by atoms with van der Waals surface area (Å²) in [5.41, 5.74) is 2.48. The second-order valence-corrected chi connectivity index (χ2v) is 7.17. The van der Waals surface area contributed by atoms with Crippen LogP contribution in [0, 0.1) is 13.8 Å². The smallest absolute Gasteiger partial charge is 0.361 e. The monoisotopic (exact) mass is 459 g/mol. The van der Waals surface area contributed by atoms with Gasteiger partial charge in [0.05, 0.1) is 5.69 Å². The van der Waals surface area contributed by atoms with Gasteiger partial charge in [0.15, 0.2) is 0 Å². The summed E-state index contributed by atoms with van der Waals surface area (Å²) in [5.74, 6) is 0.756. The van der Waals surface area contributed by atoms with Crippen LogP contribution in [0.15, 0.2) is 57.8 Å². The Kier molecular flexibility index (Phi) is 5.82. The molecular formula is C21H18F3N6O3+. The molecular weight excluding hydrogens is 441 g/mol. The minimum atomic E-state index is -4.62. The fourth-order valence-corrected chi connectivity index (χ4v) is 3.21. The molecule has 0 spiro atoms. The fraction of sp³-hybridized carbons (Fsp3) is 0.190. The lowest BCUT2D eigenvalue weighted by Gasteiger charge is -2.08. The summed E-state index contributed by atoms with van der Waals surface area (Å²) in [4.78, 5) is 15.3. The predicted molar refractivity (Wildman–Crippen MR) is 109 cm³/mol. The van der Waals surface area contributed by atoms with E-state index in [1.807, 2.05) is 38.1 Å².